The number of ether oxygens (including phenoxy) is 1. The molecule has 1 fully saturated rings. The molecule has 8 heteroatoms. The topological polar surface area (TPSA) is 95.1 Å². The molecule has 0 saturated carbocycles. The molecule has 2 rings (SSSR count). The summed E-state index contributed by atoms with van der Waals surface area (Å²) in [4.78, 5) is 30.4. The lowest BCUT2D eigenvalue weighted by Crippen LogP contribution is -2.45. The Morgan fingerprint density at radius 1 is 1.21 bits per heavy atom. The molecule has 1 aliphatic rings. The number of hydrogen-bond donors (Lipinski definition) is 3. The molecule has 8 nitrogen and oxygen atoms in total. The van der Waals surface area contributed by atoms with Crippen molar-refractivity contribution in [3.05, 3.63) is 29.8 Å². The number of carbonyl (C=O) groups excluding carboxylic acids is 2. The fourth-order valence-electron chi connectivity index (χ4n) is 3.02. The third-order valence-corrected chi connectivity index (χ3v) is 4.55. The first-order valence-electron chi connectivity index (χ1n) is 9.82. The summed E-state index contributed by atoms with van der Waals surface area (Å²) in [5.74, 6) is 1.47. The van der Waals surface area contributed by atoms with Gasteiger partial charge in [-0.2, -0.15) is 0 Å². The molecule has 1 aliphatic heterocycles. The molecule has 2 amide bonds. The van der Waals surface area contributed by atoms with Crippen molar-refractivity contribution >= 4 is 17.8 Å². The Bertz CT molecular complexity index is 675. The van der Waals surface area contributed by atoms with Gasteiger partial charge in [0.25, 0.3) is 5.91 Å². The van der Waals surface area contributed by atoms with Gasteiger partial charge in [-0.05, 0) is 37.6 Å². The Morgan fingerprint density at radius 2 is 1.96 bits per heavy atom. The molecule has 1 aromatic rings. The zero-order valence-electron chi connectivity index (χ0n) is 17.0. The van der Waals surface area contributed by atoms with Gasteiger partial charge in [0.15, 0.2) is 5.96 Å². The van der Waals surface area contributed by atoms with Crippen molar-refractivity contribution in [2.45, 2.75) is 32.7 Å². The van der Waals surface area contributed by atoms with Gasteiger partial charge < -0.3 is 25.6 Å². The molecule has 1 aromatic carbocycles. The predicted molar refractivity (Wildman–Crippen MR) is 110 cm³/mol. The van der Waals surface area contributed by atoms with Crippen LogP contribution in [-0.2, 0) is 4.79 Å². The fraction of sp³-hybridized carbons (Fsp3) is 0.550. The molecule has 0 radical (unpaired) electrons. The molecular formula is C20H31N5O3. The second-order valence-electron chi connectivity index (χ2n) is 6.57. The first-order chi connectivity index (χ1) is 13.6. The van der Waals surface area contributed by atoms with Crippen molar-refractivity contribution in [1.82, 2.24) is 20.9 Å². The highest BCUT2D eigenvalue weighted by Gasteiger charge is 2.25. The number of amides is 2. The second kappa shape index (κ2) is 11.2. The van der Waals surface area contributed by atoms with E-state index in [2.05, 4.69) is 20.9 Å². The van der Waals surface area contributed by atoms with Crippen LogP contribution in [0, 0.1) is 0 Å². The third kappa shape index (κ3) is 6.44. The highest BCUT2D eigenvalue weighted by molar-refractivity contribution is 5.94. The van der Waals surface area contributed by atoms with E-state index in [9.17, 15) is 9.59 Å². The lowest BCUT2D eigenvalue weighted by Gasteiger charge is -2.18. The lowest BCUT2D eigenvalue weighted by molar-refractivity contribution is -0.129. The van der Waals surface area contributed by atoms with Crippen LogP contribution in [0.5, 0.6) is 5.75 Å². The first kappa shape index (κ1) is 21.5. The van der Waals surface area contributed by atoms with E-state index in [1.807, 2.05) is 18.7 Å². The Balaban J connectivity index is 1.78. The standard InChI is InChI=1S/C20H31N5O3/c1-4-18(26)25-13-10-16(14-25)24-20(21-5-2)23-12-11-22-19(27)15-6-8-17(28-3)9-7-15/h6-9,16H,4-5,10-14H2,1-3H3,(H,22,27)(H2,21,23,24). The van der Waals surface area contributed by atoms with Crippen LogP contribution in [0.15, 0.2) is 29.3 Å². The Hall–Kier alpha value is -2.77. The van der Waals surface area contributed by atoms with Crippen LogP contribution < -0.4 is 20.7 Å². The van der Waals surface area contributed by atoms with Crippen LogP contribution in [0.25, 0.3) is 0 Å². The SMILES string of the molecule is CCNC(=NCCNC(=O)c1ccc(OC)cc1)NC1CCN(C(=O)CC)C1. The maximum Gasteiger partial charge on any atom is 0.251 e. The average Bonchev–Trinajstić information content (AvgIpc) is 3.19. The molecule has 0 aromatic heterocycles. The number of guanidine groups is 1. The number of methoxy groups -OCH3 is 1. The van der Waals surface area contributed by atoms with E-state index >= 15 is 0 Å². The smallest absolute Gasteiger partial charge is 0.251 e. The molecule has 154 valence electrons. The summed E-state index contributed by atoms with van der Waals surface area (Å²) in [6.07, 6.45) is 1.44. The quantitative estimate of drug-likeness (QED) is 0.350. The van der Waals surface area contributed by atoms with Crippen LogP contribution in [0.1, 0.15) is 37.0 Å². The van der Waals surface area contributed by atoms with Gasteiger partial charge in [-0.15, -0.1) is 0 Å². The molecule has 1 saturated heterocycles. The minimum Gasteiger partial charge on any atom is -0.497 e. The van der Waals surface area contributed by atoms with Crippen LogP contribution in [0.2, 0.25) is 0 Å². The number of aliphatic imine (C=N–C) groups is 1. The summed E-state index contributed by atoms with van der Waals surface area (Å²) in [6, 6.07) is 7.17. The number of hydrogen-bond acceptors (Lipinski definition) is 4. The average molecular weight is 390 g/mol. The molecule has 1 unspecified atom stereocenters. The van der Waals surface area contributed by atoms with E-state index in [1.54, 1.807) is 31.4 Å². The Kier molecular flexibility index (Phi) is 8.58. The normalized spacial score (nSPS) is 16.6. The summed E-state index contributed by atoms with van der Waals surface area (Å²) >= 11 is 0. The second-order valence-corrected chi connectivity index (χ2v) is 6.57. The first-order valence-corrected chi connectivity index (χ1v) is 9.82. The van der Waals surface area contributed by atoms with Gasteiger partial charge in [0.1, 0.15) is 5.75 Å². The summed E-state index contributed by atoms with van der Waals surface area (Å²) in [6.45, 7) is 7.01. The minimum absolute atomic E-state index is 0.139. The van der Waals surface area contributed by atoms with E-state index in [-0.39, 0.29) is 17.9 Å². The maximum atomic E-state index is 12.2. The van der Waals surface area contributed by atoms with Crippen LogP contribution in [0.3, 0.4) is 0 Å². The van der Waals surface area contributed by atoms with Crippen molar-refractivity contribution in [2.24, 2.45) is 4.99 Å². The van der Waals surface area contributed by atoms with Crippen molar-refractivity contribution in [3.63, 3.8) is 0 Å². The van der Waals surface area contributed by atoms with Gasteiger partial charge in [-0.3, -0.25) is 14.6 Å². The monoisotopic (exact) mass is 389 g/mol. The Morgan fingerprint density at radius 3 is 2.61 bits per heavy atom. The molecule has 1 heterocycles. The number of nitrogens with one attached hydrogen (secondary N) is 3. The fourth-order valence-corrected chi connectivity index (χ4v) is 3.02. The van der Waals surface area contributed by atoms with E-state index in [4.69, 9.17) is 4.74 Å². The summed E-state index contributed by atoms with van der Waals surface area (Å²) in [5, 5.41) is 9.45. The number of rotatable bonds is 8. The van der Waals surface area contributed by atoms with Gasteiger partial charge in [-0.1, -0.05) is 6.92 Å². The van der Waals surface area contributed by atoms with Crippen molar-refractivity contribution in [1.29, 1.82) is 0 Å². The predicted octanol–water partition coefficient (Wildman–Crippen LogP) is 0.991. The summed E-state index contributed by atoms with van der Waals surface area (Å²) in [5.41, 5.74) is 0.585. The molecular weight excluding hydrogens is 358 g/mol. The summed E-state index contributed by atoms with van der Waals surface area (Å²) in [7, 11) is 1.59. The van der Waals surface area contributed by atoms with Crippen LogP contribution in [0.4, 0.5) is 0 Å². The van der Waals surface area contributed by atoms with Gasteiger partial charge >= 0.3 is 0 Å². The molecule has 0 bridgehead atoms. The Labute approximate surface area is 166 Å². The zero-order chi connectivity index (χ0) is 20.4. The largest absolute Gasteiger partial charge is 0.497 e. The number of nitrogens with zero attached hydrogens (tertiary/aromatic N) is 2. The van der Waals surface area contributed by atoms with Crippen molar-refractivity contribution in [2.75, 3.05) is 39.8 Å². The molecule has 0 aliphatic carbocycles. The van der Waals surface area contributed by atoms with E-state index < -0.39 is 0 Å². The van der Waals surface area contributed by atoms with Crippen molar-refractivity contribution < 1.29 is 14.3 Å². The minimum atomic E-state index is -0.139. The molecule has 3 N–H and O–H groups in total. The highest BCUT2D eigenvalue weighted by Crippen LogP contribution is 2.11. The molecule has 28 heavy (non-hydrogen) atoms. The van der Waals surface area contributed by atoms with Gasteiger partial charge in [0, 0.05) is 44.2 Å². The zero-order valence-corrected chi connectivity index (χ0v) is 17.0. The third-order valence-electron chi connectivity index (χ3n) is 4.55. The molecule has 0 spiro atoms. The van der Waals surface area contributed by atoms with Crippen LogP contribution in [-0.4, -0.2) is 68.5 Å². The summed E-state index contributed by atoms with van der Waals surface area (Å²) < 4.78 is 5.09. The van der Waals surface area contributed by atoms with Gasteiger partial charge in [0.05, 0.1) is 13.7 Å². The maximum absolute atomic E-state index is 12.2. The number of benzene rings is 1. The number of carbonyl (C=O) groups is 2. The molecule has 1 atom stereocenters. The van der Waals surface area contributed by atoms with E-state index in [0.29, 0.717) is 43.3 Å². The van der Waals surface area contributed by atoms with Gasteiger partial charge in [0.2, 0.25) is 5.91 Å². The van der Waals surface area contributed by atoms with E-state index in [1.165, 1.54) is 0 Å². The van der Waals surface area contributed by atoms with E-state index in [0.717, 1.165) is 19.5 Å². The highest BCUT2D eigenvalue weighted by atomic mass is 16.5. The van der Waals surface area contributed by atoms with Gasteiger partial charge in [-0.25, -0.2) is 0 Å². The number of likely N-dealkylation sites (tertiary alicyclic amines) is 1. The lowest BCUT2D eigenvalue weighted by atomic mass is 10.2. The van der Waals surface area contributed by atoms with Crippen molar-refractivity contribution in [3.8, 4) is 5.75 Å². The van der Waals surface area contributed by atoms with Crippen LogP contribution >= 0.6 is 0 Å².